The smallest absolute Gasteiger partial charge is 0.413 e. The molecule has 0 heterocycles. The number of amides is 4. The molecule has 8 nitrogen and oxygen atoms in total. The van der Waals surface area contributed by atoms with Crippen LogP contribution in [0.15, 0.2) is 24.3 Å². The molecule has 4 amide bonds. The topological polar surface area (TPSA) is 99.8 Å². The van der Waals surface area contributed by atoms with E-state index in [9.17, 15) is 14.4 Å². The molecule has 1 aromatic rings. The molecule has 174 valence electrons. The van der Waals surface area contributed by atoms with Crippen LogP contribution in [0, 0.1) is 17.8 Å². The molecule has 4 aliphatic rings. The van der Waals surface area contributed by atoms with Crippen molar-refractivity contribution in [1.82, 2.24) is 10.6 Å². The predicted octanol–water partition coefficient (Wildman–Crippen LogP) is 3.88. The number of benzene rings is 1. The standard InChI is InChI=1S/C24H34N4O4/c1-3-32-23(31)28(2)20-6-4-19(5-7-20)26-21(29)8-9-25-22(30)27-24-13-16-10-17(14-24)12-18(11-16)15-24/h4-7,16-18H,3,8-15H2,1-2H3,(H,26,29)(H2,25,27,30). The molecule has 1 aromatic carbocycles. The monoisotopic (exact) mass is 442 g/mol. The van der Waals surface area contributed by atoms with Crippen LogP contribution in [0.3, 0.4) is 0 Å². The van der Waals surface area contributed by atoms with Gasteiger partial charge in [-0.25, -0.2) is 9.59 Å². The summed E-state index contributed by atoms with van der Waals surface area (Å²) in [5.41, 5.74) is 1.28. The third kappa shape index (κ3) is 5.16. The summed E-state index contributed by atoms with van der Waals surface area (Å²) in [5.74, 6) is 2.15. The lowest BCUT2D eigenvalue weighted by atomic mass is 9.53. The van der Waals surface area contributed by atoms with Crippen molar-refractivity contribution in [3.05, 3.63) is 24.3 Å². The third-order valence-electron chi connectivity index (χ3n) is 7.13. The van der Waals surface area contributed by atoms with Crippen LogP contribution in [0.25, 0.3) is 0 Å². The Morgan fingerprint density at radius 3 is 2.19 bits per heavy atom. The maximum atomic E-state index is 12.5. The van der Waals surface area contributed by atoms with Crippen molar-refractivity contribution in [1.29, 1.82) is 0 Å². The minimum absolute atomic E-state index is 0.0282. The van der Waals surface area contributed by atoms with E-state index in [1.54, 1.807) is 38.2 Å². The Morgan fingerprint density at radius 2 is 1.62 bits per heavy atom. The largest absolute Gasteiger partial charge is 0.449 e. The molecule has 4 aliphatic carbocycles. The Morgan fingerprint density at radius 1 is 1.03 bits per heavy atom. The van der Waals surface area contributed by atoms with Crippen LogP contribution in [0.2, 0.25) is 0 Å². The third-order valence-corrected chi connectivity index (χ3v) is 7.13. The summed E-state index contributed by atoms with van der Waals surface area (Å²) < 4.78 is 4.97. The number of nitrogens with one attached hydrogen (secondary N) is 3. The number of carbonyl (C=O) groups is 3. The highest BCUT2D eigenvalue weighted by molar-refractivity contribution is 5.92. The average molecular weight is 443 g/mol. The number of ether oxygens (including phenoxy) is 1. The lowest BCUT2D eigenvalue weighted by Gasteiger charge is -2.56. The molecule has 0 aliphatic heterocycles. The van der Waals surface area contributed by atoms with Gasteiger partial charge in [-0.2, -0.15) is 0 Å². The van der Waals surface area contributed by atoms with E-state index < -0.39 is 6.09 Å². The van der Waals surface area contributed by atoms with Crippen LogP contribution in [0.4, 0.5) is 21.0 Å². The van der Waals surface area contributed by atoms with Gasteiger partial charge in [-0.05, 0) is 87.5 Å². The van der Waals surface area contributed by atoms with E-state index in [0.29, 0.717) is 18.0 Å². The lowest BCUT2D eigenvalue weighted by Crippen LogP contribution is -2.61. The summed E-state index contributed by atoms with van der Waals surface area (Å²) in [4.78, 5) is 37.9. The fourth-order valence-corrected chi connectivity index (χ4v) is 6.16. The summed E-state index contributed by atoms with van der Waals surface area (Å²) in [6, 6.07) is 6.78. The van der Waals surface area contributed by atoms with Gasteiger partial charge in [-0.1, -0.05) is 0 Å². The minimum atomic E-state index is -0.429. The first-order chi connectivity index (χ1) is 15.4. The summed E-state index contributed by atoms with van der Waals surface area (Å²) in [6.45, 7) is 2.35. The van der Waals surface area contributed by atoms with E-state index >= 15 is 0 Å². The molecule has 4 fully saturated rings. The quantitative estimate of drug-likeness (QED) is 0.597. The van der Waals surface area contributed by atoms with Crippen LogP contribution >= 0.6 is 0 Å². The van der Waals surface area contributed by atoms with Crippen LogP contribution in [-0.2, 0) is 9.53 Å². The zero-order chi connectivity index (χ0) is 22.7. The van der Waals surface area contributed by atoms with Crippen LogP contribution in [0.1, 0.15) is 51.9 Å². The number of urea groups is 1. The summed E-state index contributed by atoms with van der Waals surface area (Å²) in [6.07, 6.45) is 7.09. The van der Waals surface area contributed by atoms with Crippen molar-refractivity contribution < 1.29 is 19.1 Å². The van der Waals surface area contributed by atoms with E-state index in [-0.39, 0.29) is 30.4 Å². The fraction of sp³-hybridized carbons (Fsp3) is 0.625. The molecule has 5 rings (SSSR count). The highest BCUT2D eigenvalue weighted by Gasteiger charge is 2.51. The highest BCUT2D eigenvalue weighted by atomic mass is 16.6. The number of hydrogen-bond donors (Lipinski definition) is 3. The van der Waals surface area contributed by atoms with Gasteiger partial charge in [0.15, 0.2) is 0 Å². The van der Waals surface area contributed by atoms with E-state index in [2.05, 4.69) is 16.0 Å². The number of carbonyl (C=O) groups excluding carboxylic acids is 3. The minimum Gasteiger partial charge on any atom is -0.449 e. The van der Waals surface area contributed by atoms with Gasteiger partial charge in [0.2, 0.25) is 5.91 Å². The normalized spacial score (nSPS) is 27.5. The number of rotatable bonds is 7. The van der Waals surface area contributed by atoms with Crippen LogP contribution in [0.5, 0.6) is 0 Å². The molecule has 4 bridgehead atoms. The van der Waals surface area contributed by atoms with Crippen molar-refractivity contribution in [3.8, 4) is 0 Å². The second-order valence-corrected chi connectivity index (χ2v) is 9.68. The molecule has 32 heavy (non-hydrogen) atoms. The van der Waals surface area contributed by atoms with Gasteiger partial charge in [0.05, 0.1) is 6.61 Å². The van der Waals surface area contributed by atoms with Gasteiger partial charge >= 0.3 is 12.1 Å². The van der Waals surface area contributed by atoms with E-state index in [4.69, 9.17) is 4.74 Å². The van der Waals surface area contributed by atoms with Crippen molar-refractivity contribution in [2.45, 2.75) is 57.4 Å². The molecule has 4 saturated carbocycles. The Labute approximate surface area is 189 Å². The second kappa shape index (κ2) is 9.38. The molecule has 3 N–H and O–H groups in total. The molecule has 0 unspecified atom stereocenters. The number of anilines is 2. The number of nitrogens with zero attached hydrogens (tertiary/aromatic N) is 1. The summed E-state index contributed by atoms with van der Waals surface area (Å²) >= 11 is 0. The van der Waals surface area contributed by atoms with Crippen molar-refractivity contribution in [3.63, 3.8) is 0 Å². The van der Waals surface area contributed by atoms with E-state index in [1.165, 1.54) is 24.2 Å². The first kappa shape index (κ1) is 22.4. The Kier molecular flexibility index (Phi) is 6.58. The first-order valence-electron chi connectivity index (χ1n) is 11.7. The molecule has 0 saturated heterocycles. The lowest BCUT2D eigenvalue weighted by molar-refractivity contribution is -0.116. The van der Waals surface area contributed by atoms with Gasteiger partial charge in [0.25, 0.3) is 0 Å². The van der Waals surface area contributed by atoms with Crippen LogP contribution < -0.4 is 20.9 Å². The van der Waals surface area contributed by atoms with Crippen molar-refractivity contribution >= 4 is 29.4 Å². The zero-order valence-electron chi connectivity index (χ0n) is 19.0. The second-order valence-electron chi connectivity index (χ2n) is 9.68. The molecule has 0 aromatic heterocycles. The maximum absolute atomic E-state index is 12.5. The van der Waals surface area contributed by atoms with Gasteiger partial charge in [0.1, 0.15) is 0 Å². The molecule has 8 heteroatoms. The SMILES string of the molecule is CCOC(=O)N(C)c1ccc(NC(=O)CCNC(=O)NC23CC4CC(CC(C4)C2)C3)cc1. The molecular formula is C24H34N4O4. The van der Waals surface area contributed by atoms with Gasteiger partial charge < -0.3 is 20.7 Å². The average Bonchev–Trinajstić information content (AvgIpc) is 2.72. The van der Waals surface area contributed by atoms with Gasteiger partial charge in [-0.15, -0.1) is 0 Å². The fourth-order valence-electron chi connectivity index (χ4n) is 6.16. The Hall–Kier alpha value is -2.77. The summed E-state index contributed by atoms with van der Waals surface area (Å²) in [7, 11) is 1.63. The Balaban J connectivity index is 1.18. The van der Waals surface area contributed by atoms with Crippen molar-refractivity contribution in [2.75, 3.05) is 30.4 Å². The van der Waals surface area contributed by atoms with Gasteiger partial charge in [0, 0.05) is 36.9 Å². The van der Waals surface area contributed by atoms with Crippen LogP contribution in [-0.4, -0.2) is 43.8 Å². The number of hydrogen-bond acceptors (Lipinski definition) is 4. The Bertz CT molecular complexity index is 819. The zero-order valence-corrected chi connectivity index (χ0v) is 19.0. The van der Waals surface area contributed by atoms with E-state index in [1.807, 2.05) is 0 Å². The molecule has 0 radical (unpaired) electrons. The van der Waals surface area contributed by atoms with Crippen molar-refractivity contribution in [2.24, 2.45) is 17.8 Å². The maximum Gasteiger partial charge on any atom is 0.413 e. The molecule has 0 spiro atoms. The van der Waals surface area contributed by atoms with E-state index in [0.717, 1.165) is 37.0 Å². The summed E-state index contributed by atoms with van der Waals surface area (Å²) in [5, 5.41) is 8.93. The molecule has 0 atom stereocenters. The first-order valence-corrected chi connectivity index (χ1v) is 11.7. The predicted molar refractivity (Wildman–Crippen MR) is 123 cm³/mol. The highest BCUT2D eigenvalue weighted by Crippen LogP contribution is 2.55. The molecular weight excluding hydrogens is 408 g/mol. The van der Waals surface area contributed by atoms with Gasteiger partial charge in [-0.3, -0.25) is 9.69 Å².